The summed E-state index contributed by atoms with van der Waals surface area (Å²) in [5, 5.41) is 6.48. The van der Waals surface area contributed by atoms with Gasteiger partial charge in [0.05, 0.1) is 12.2 Å². The first-order chi connectivity index (χ1) is 10.1. The molecule has 4 amide bonds. The second-order valence-corrected chi connectivity index (χ2v) is 5.72. The van der Waals surface area contributed by atoms with Gasteiger partial charge in [-0.1, -0.05) is 12.8 Å². The van der Waals surface area contributed by atoms with Gasteiger partial charge in [-0.2, -0.15) is 5.10 Å². The molecule has 112 valence electrons. The van der Waals surface area contributed by atoms with Crippen LogP contribution < -0.4 is 5.32 Å². The van der Waals surface area contributed by atoms with E-state index in [1.54, 1.807) is 24.0 Å². The Bertz CT molecular complexity index is 589. The van der Waals surface area contributed by atoms with Crippen LogP contribution in [0.25, 0.3) is 0 Å². The van der Waals surface area contributed by atoms with Crippen LogP contribution in [-0.2, 0) is 23.2 Å². The minimum atomic E-state index is -0.728. The lowest BCUT2D eigenvalue weighted by molar-refractivity contribution is -0.145. The molecule has 21 heavy (non-hydrogen) atoms. The molecule has 3 rings (SSSR count). The number of hydrogen-bond donors (Lipinski definition) is 1. The summed E-state index contributed by atoms with van der Waals surface area (Å²) >= 11 is 0. The minimum Gasteiger partial charge on any atom is -0.277 e. The van der Waals surface area contributed by atoms with Crippen LogP contribution in [-0.4, -0.2) is 32.5 Å². The Hall–Kier alpha value is -2.18. The van der Waals surface area contributed by atoms with E-state index in [0.29, 0.717) is 5.69 Å². The molecule has 1 aliphatic heterocycles. The first kappa shape index (κ1) is 13.8. The van der Waals surface area contributed by atoms with Gasteiger partial charge in [0, 0.05) is 13.2 Å². The average Bonchev–Trinajstić information content (AvgIpc) is 3.06. The Morgan fingerprint density at radius 1 is 1.29 bits per heavy atom. The van der Waals surface area contributed by atoms with E-state index in [2.05, 4.69) is 10.4 Å². The Labute approximate surface area is 122 Å². The van der Waals surface area contributed by atoms with Crippen LogP contribution in [0.4, 0.5) is 4.79 Å². The van der Waals surface area contributed by atoms with Crippen LogP contribution >= 0.6 is 0 Å². The lowest BCUT2D eigenvalue weighted by atomic mass is 9.87. The highest BCUT2D eigenvalue weighted by Crippen LogP contribution is 2.34. The maximum absolute atomic E-state index is 12.6. The fourth-order valence-electron chi connectivity index (χ4n) is 3.20. The molecule has 1 saturated carbocycles. The summed E-state index contributed by atoms with van der Waals surface area (Å²) in [4.78, 5) is 37.6. The first-order valence-corrected chi connectivity index (χ1v) is 7.21. The van der Waals surface area contributed by atoms with E-state index >= 15 is 0 Å². The second-order valence-electron chi connectivity index (χ2n) is 5.72. The Balaban J connectivity index is 1.80. The summed E-state index contributed by atoms with van der Waals surface area (Å²) in [7, 11) is 1.77. The van der Waals surface area contributed by atoms with E-state index in [9.17, 15) is 14.4 Å². The van der Waals surface area contributed by atoms with E-state index < -0.39 is 17.9 Å². The molecule has 1 aromatic rings. The number of rotatable bonds is 3. The summed E-state index contributed by atoms with van der Waals surface area (Å²) in [5.74, 6) is -1.51. The normalized spacial score (nSPS) is 23.8. The smallest absolute Gasteiger partial charge is 0.277 e. The van der Waals surface area contributed by atoms with Crippen molar-refractivity contribution in [3.8, 4) is 0 Å². The number of hydrogen-bond acceptors (Lipinski definition) is 4. The SMILES string of the molecule is Cn1ccc(CN2C(=O)NC(=O)C(C3CCCC3)C2=O)n1. The van der Waals surface area contributed by atoms with Crippen LogP contribution in [0.3, 0.4) is 0 Å². The fourth-order valence-corrected chi connectivity index (χ4v) is 3.20. The third kappa shape index (κ3) is 2.55. The molecule has 2 fully saturated rings. The zero-order valence-electron chi connectivity index (χ0n) is 11.9. The molecule has 2 aliphatic rings. The van der Waals surface area contributed by atoms with Crippen LogP contribution in [0.2, 0.25) is 0 Å². The van der Waals surface area contributed by atoms with Gasteiger partial charge >= 0.3 is 6.03 Å². The molecule has 1 aromatic heterocycles. The zero-order chi connectivity index (χ0) is 15.0. The predicted octanol–water partition coefficient (Wildman–Crippen LogP) is 0.805. The van der Waals surface area contributed by atoms with E-state index in [0.717, 1.165) is 30.6 Å². The quantitative estimate of drug-likeness (QED) is 0.835. The lowest BCUT2D eigenvalue weighted by Crippen LogP contribution is -2.59. The molecule has 0 bridgehead atoms. The molecule has 1 aliphatic carbocycles. The maximum atomic E-state index is 12.6. The Morgan fingerprint density at radius 3 is 2.62 bits per heavy atom. The molecule has 0 radical (unpaired) electrons. The van der Waals surface area contributed by atoms with Crippen molar-refractivity contribution >= 4 is 17.8 Å². The van der Waals surface area contributed by atoms with Gasteiger partial charge in [-0.25, -0.2) is 4.79 Å². The van der Waals surface area contributed by atoms with Crippen molar-refractivity contribution in [1.29, 1.82) is 0 Å². The molecular weight excluding hydrogens is 272 g/mol. The summed E-state index contributed by atoms with van der Waals surface area (Å²) < 4.78 is 1.61. The number of imide groups is 2. The molecule has 0 spiro atoms. The number of urea groups is 1. The highest BCUT2D eigenvalue weighted by molar-refractivity contribution is 6.16. The monoisotopic (exact) mass is 290 g/mol. The molecule has 7 heteroatoms. The van der Waals surface area contributed by atoms with Crippen LogP contribution in [0.5, 0.6) is 0 Å². The third-order valence-corrected chi connectivity index (χ3v) is 4.25. The summed E-state index contributed by atoms with van der Waals surface area (Å²) in [6.45, 7) is 0.0992. The van der Waals surface area contributed by atoms with Crippen molar-refractivity contribution in [2.45, 2.75) is 32.2 Å². The molecule has 1 atom stereocenters. The number of carbonyl (C=O) groups excluding carboxylic acids is 3. The molecule has 1 N–H and O–H groups in total. The Kier molecular flexibility index (Phi) is 3.48. The fraction of sp³-hybridized carbons (Fsp3) is 0.571. The number of aromatic nitrogens is 2. The first-order valence-electron chi connectivity index (χ1n) is 7.21. The zero-order valence-corrected chi connectivity index (χ0v) is 11.9. The number of nitrogens with one attached hydrogen (secondary N) is 1. The van der Waals surface area contributed by atoms with Gasteiger partial charge in [-0.3, -0.25) is 24.5 Å². The number of amides is 4. The predicted molar refractivity (Wildman–Crippen MR) is 72.7 cm³/mol. The van der Waals surface area contributed by atoms with Crippen LogP contribution in [0, 0.1) is 11.8 Å². The van der Waals surface area contributed by atoms with Gasteiger partial charge in [0.25, 0.3) is 0 Å². The molecular formula is C14H18N4O3. The number of nitrogens with zero attached hydrogens (tertiary/aromatic N) is 3. The standard InChI is InChI=1S/C14H18N4O3/c1-17-7-6-10(16-17)8-18-13(20)11(9-4-2-3-5-9)12(19)15-14(18)21/h6-7,9,11H,2-5,8H2,1H3,(H,15,19,21). The van der Waals surface area contributed by atoms with Gasteiger partial charge < -0.3 is 0 Å². The molecule has 1 unspecified atom stereocenters. The molecule has 0 aromatic carbocycles. The van der Waals surface area contributed by atoms with Crippen LogP contribution in [0.15, 0.2) is 12.3 Å². The maximum Gasteiger partial charge on any atom is 0.331 e. The number of carbonyl (C=O) groups is 3. The Morgan fingerprint density at radius 2 is 2.00 bits per heavy atom. The van der Waals surface area contributed by atoms with E-state index in [1.807, 2.05) is 0 Å². The van der Waals surface area contributed by atoms with Crippen molar-refractivity contribution in [3.63, 3.8) is 0 Å². The van der Waals surface area contributed by atoms with E-state index in [4.69, 9.17) is 0 Å². The van der Waals surface area contributed by atoms with E-state index in [-0.39, 0.29) is 18.4 Å². The topological polar surface area (TPSA) is 84.3 Å². The summed E-state index contributed by atoms with van der Waals surface area (Å²) in [6.07, 6.45) is 5.57. The second kappa shape index (κ2) is 5.31. The van der Waals surface area contributed by atoms with Crippen molar-refractivity contribution in [2.24, 2.45) is 18.9 Å². The lowest BCUT2D eigenvalue weighted by Gasteiger charge is -2.32. The minimum absolute atomic E-state index is 0.0526. The molecule has 2 heterocycles. The number of barbiturate groups is 1. The van der Waals surface area contributed by atoms with Gasteiger partial charge in [0.2, 0.25) is 11.8 Å². The van der Waals surface area contributed by atoms with Crippen molar-refractivity contribution in [3.05, 3.63) is 18.0 Å². The summed E-state index contributed by atoms with van der Waals surface area (Å²) in [6, 6.07) is 1.10. The highest BCUT2D eigenvalue weighted by Gasteiger charge is 2.45. The van der Waals surface area contributed by atoms with Crippen LogP contribution in [0.1, 0.15) is 31.4 Å². The van der Waals surface area contributed by atoms with Gasteiger partial charge in [0.15, 0.2) is 0 Å². The highest BCUT2D eigenvalue weighted by atomic mass is 16.2. The largest absolute Gasteiger partial charge is 0.331 e. The van der Waals surface area contributed by atoms with E-state index in [1.165, 1.54) is 0 Å². The third-order valence-electron chi connectivity index (χ3n) is 4.25. The van der Waals surface area contributed by atoms with Gasteiger partial charge in [0.1, 0.15) is 5.92 Å². The van der Waals surface area contributed by atoms with Crippen molar-refractivity contribution in [2.75, 3.05) is 0 Å². The van der Waals surface area contributed by atoms with Crippen molar-refractivity contribution in [1.82, 2.24) is 20.0 Å². The van der Waals surface area contributed by atoms with Gasteiger partial charge in [-0.15, -0.1) is 0 Å². The van der Waals surface area contributed by atoms with Crippen molar-refractivity contribution < 1.29 is 14.4 Å². The summed E-state index contributed by atoms with van der Waals surface area (Å²) in [5.41, 5.74) is 0.625. The average molecular weight is 290 g/mol. The van der Waals surface area contributed by atoms with Gasteiger partial charge in [-0.05, 0) is 24.8 Å². The molecule has 1 saturated heterocycles. The number of aryl methyl sites for hydroxylation is 1. The molecule has 7 nitrogen and oxygen atoms in total.